The average molecular weight is 324 g/mol. The van der Waals surface area contributed by atoms with E-state index in [9.17, 15) is 4.79 Å². The fourth-order valence-electron chi connectivity index (χ4n) is 1.94. The van der Waals surface area contributed by atoms with Crippen molar-refractivity contribution in [2.45, 2.75) is 45.4 Å². The van der Waals surface area contributed by atoms with E-state index in [2.05, 4.69) is 5.32 Å². The van der Waals surface area contributed by atoms with Gasteiger partial charge in [0.2, 0.25) is 0 Å². The van der Waals surface area contributed by atoms with Crippen LogP contribution in [0.25, 0.3) is 0 Å². The molecule has 0 aliphatic rings. The van der Waals surface area contributed by atoms with Gasteiger partial charge in [0.05, 0.1) is 13.2 Å². The van der Waals surface area contributed by atoms with Gasteiger partial charge in [0.1, 0.15) is 12.6 Å². The number of nitrogens with one attached hydrogen (secondary N) is 1. The lowest BCUT2D eigenvalue weighted by Gasteiger charge is -2.14. The number of hydrogen-bond acceptors (Lipinski definition) is 6. The number of carbonyl (C=O) groups excluding carboxylic acids is 1. The Kier molecular flexibility index (Phi) is 10.2. The zero-order chi connectivity index (χ0) is 16.9. The van der Waals surface area contributed by atoms with Crippen molar-refractivity contribution in [3.63, 3.8) is 0 Å². The molecule has 0 radical (unpaired) electrons. The molecule has 6 heteroatoms. The van der Waals surface area contributed by atoms with Gasteiger partial charge >= 0.3 is 5.97 Å². The minimum absolute atomic E-state index is 0.0922. The molecule has 0 aliphatic carbocycles. The van der Waals surface area contributed by atoms with Crippen molar-refractivity contribution in [2.24, 2.45) is 5.73 Å². The summed E-state index contributed by atoms with van der Waals surface area (Å²) in [5, 5.41) is 3.11. The van der Waals surface area contributed by atoms with E-state index in [1.165, 1.54) is 0 Å². The van der Waals surface area contributed by atoms with Crippen molar-refractivity contribution in [3.8, 4) is 0 Å². The molecule has 0 saturated heterocycles. The molecule has 0 aliphatic heterocycles. The smallest absolute Gasteiger partial charge is 0.322 e. The lowest BCUT2D eigenvalue weighted by atomic mass is 10.2. The molecule has 2 atom stereocenters. The first-order chi connectivity index (χ1) is 11.1. The Bertz CT molecular complexity index is 428. The molecule has 0 bridgehead atoms. The van der Waals surface area contributed by atoms with Crippen molar-refractivity contribution in [1.82, 2.24) is 5.32 Å². The monoisotopic (exact) mass is 324 g/mol. The second-order valence-corrected chi connectivity index (χ2v) is 5.36. The largest absolute Gasteiger partial charge is 0.465 e. The second kappa shape index (κ2) is 12.0. The number of nitrogens with two attached hydrogens (primary N) is 1. The molecule has 6 nitrogen and oxygen atoms in total. The third-order valence-corrected chi connectivity index (χ3v) is 3.28. The molecule has 0 fully saturated rings. The molecule has 130 valence electrons. The Morgan fingerprint density at radius 2 is 2.00 bits per heavy atom. The molecule has 1 aromatic rings. The third-order valence-electron chi connectivity index (χ3n) is 3.28. The Labute approximate surface area is 138 Å². The van der Waals surface area contributed by atoms with Gasteiger partial charge in [-0.1, -0.05) is 30.3 Å². The molecule has 0 amide bonds. The summed E-state index contributed by atoms with van der Waals surface area (Å²) in [7, 11) is 0. The summed E-state index contributed by atoms with van der Waals surface area (Å²) < 4.78 is 4.92. The summed E-state index contributed by atoms with van der Waals surface area (Å²) in [5.74, 6) is -0.227. The Morgan fingerprint density at radius 1 is 1.26 bits per heavy atom. The van der Waals surface area contributed by atoms with Gasteiger partial charge in [-0.05, 0) is 38.8 Å². The molecule has 0 spiro atoms. The van der Waals surface area contributed by atoms with Crippen LogP contribution in [-0.4, -0.2) is 37.8 Å². The molecular weight excluding hydrogens is 296 g/mol. The number of ether oxygens (including phenoxy) is 1. The standard InChI is InChI=1S/C17H28N2O4/c1-3-21-17(20)14(2)19-11-7-10-16(18)13-23-22-12-15-8-5-4-6-9-15/h4-6,8-9,14,16,19H,3,7,10-13,18H2,1-2H3/t14-,16+/m0/s1. The van der Waals surface area contributed by atoms with Crippen LogP contribution in [0.3, 0.4) is 0 Å². The molecule has 0 saturated carbocycles. The van der Waals surface area contributed by atoms with Gasteiger partial charge in [-0.25, -0.2) is 9.78 Å². The maximum absolute atomic E-state index is 11.4. The van der Waals surface area contributed by atoms with Crippen LogP contribution in [0.2, 0.25) is 0 Å². The van der Waals surface area contributed by atoms with Crippen molar-refractivity contribution in [1.29, 1.82) is 0 Å². The number of esters is 1. The van der Waals surface area contributed by atoms with E-state index < -0.39 is 0 Å². The van der Waals surface area contributed by atoms with Gasteiger partial charge in [-0.3, -0.25) is 4.79 Å². The van der Waals surface area contributed by atoms with E-state index in [0.717, 1.165) is 18.4 Å². The van der Waals surface area contributed by atoms with E-state index in [-0.39, 0.29) is 18.1 Å². The van der Waals surface area contributed by atoms with Gasteiger partial charge in [-0.2, -0.15) is 0 Å². The summed E-state index contributed by atoms with van der Waals surface area (Å²) in [6.45, 7) is 5.45. The highest BCUT2D eigenvalue weighted by Gasteiger charge is 2.12. The number of carbonyl (C=O) groups is 1. The summed E-state index contributed by atoms with van der Waals surface area (Å²) >= 11 is 0. The summed E-state index contributed by atoms with van der Waals surface area (Å²) in [6, 6.07) is 9.42. The maximum atomic E-state index is 11.4. The molecule has 3 N–H and O–H groups in total. The van der Waals surface area contributed by atoms with Crippen molar-refractivity contribution < 1.29 is 19.3 Å². The fraction of sp³-hybridized carbons (Fsp3) is 0.588. The highest BCUT2D eigenvalue weighted by molar-refractivity contribution is 5.75. The minimum Gasteiger partial charge on any atom is -0.465 e. The van der Waals surface area contributed by atoms with Gasteiger partial charge in [0, 0.05) is 6.04 Å². The van der Waals surface area contributed by atoms with Gasteiger partial charge < -0.3 is 15.8 Å². The number of hydrogen-bond donors (Lipinski definition) is 2. The first kappa shape index (κ1) is 19.6. The van der Waals surface area contributed by atoms with Gasteiger partial charge in [-0.15, -0.1) is 0 Å². The quantitative estimate of drug-likeness (QED) is 0.264. The van der Waals surface area contributed by atoms with Crippen molar-refractivity contribution >= 4 is 5.97 Å². The van der Waals surface area contributed by atoms with Gasteiger partial charge in [0.15, 0.2) is 0 Å². The molecule has 1 rings (SSSR count). The normalized spacial score (nSPS) is 13.5. The Morgan fingerprint density at radius 3 is 2.70 bits per heavy atom. The van der Waals surface area contributed by atoms with Crippen LogP contribution in [0.4, 0.5) is 0 Å². The lowest BCUT2D eigenvalue weighted by Crippen LogP contribution is -2.36. The first-order valence-electron chi connectivity index (χ1n) is 8.07. The summed E-state index contributed by atoms with van der Waals surface area (Å²) in [5.41, 5.74) is 7.01. The molecule has 0 aromatic heterocycles. The van der Waals surface area contributed by atoms with E-state index in [4.69, 9.17) is 20.2 Å². The Balaban J connectivity index is 2.00. The lowest BCUT2D eigenvalue weighted by molar-refractivity contribution is -0.306. The van der Waals surface area contributed by atoms with Crippen LogP contribution >= 0.6 is 0 Å². The first-order valence-corrected chi connectivity index (χ1v) is 8.07. The maximum Gasteiger partial charge on any atom is 0.322 e. The predicted molar refractivity (Wildman–Crippen MR) is 88.5 cm³/mol. The summed E-state index contributed by atoms with van der Waals surface area (Å²) in [4.78, 5) is 21.7. The Hall–Kier alpha value is -1.47. The highest BCUT2D eigenvalue weighted by Crippen LogP contribution is 2.02. The molecular formula is C17H28N2O4. The molecule has 23 heavy (non-hydrogen) atoms. The number of benzene rings is 1. The predicted octanol–water partition coefficient (Wildman–Crippen LogP) is 1.78. The zero-order valence-electron chi connectivity index (χ0n) is 14.0. The van der Waals surface area contributed by atoms with E-state index >= 15 is 0 Å². The van der Waals surface area contributed by atoms with Crippen molar-refractivity contribution in [3.05, 3.63) is 35.9 Å². The molecule has 0 unspecified atom stereocenters. The van der Waals surface area contributed by atoms with Crippen LogP contribution in [-0.2, 0) is 25.9 Å². The van der Waals surface area contributed by atoms with Crippen LogP contribution in [0, 0.1) is 0 Å². The topological polar surface area (TPSA) is 82.8 Å². The molecule has 0 heterocycles. The highest BCUT2D eigenvalue weighted by atomic mass is 17.2. The van der Waals surface area contributed by atoms with Crippen LogP contribution < -0.4 is 11.1 Å². The summed E-state index contributed by atoms with van der Waals surface area (Å²) in [6.07, 6.45) is 1.64. The second-order valence-electron chi connectivity index (χ2n) is 5.36. The van der Waals surface area contributed by atoms with Crippen molar-refractivity contribution in [2.75, 3.05) is 19.8 Å². The van der Waals surface area contributed by atoms with E-state index in [0.29, 0.717) is 26.4 Å². The van der Waals surface area contributed by atoms with Crippen LogP contribution in [0.15, 0.2) is 30.3 Å². The van der Waals surface area contributed by atoms with Crippen LogP contribution in [0.5, 0.6) is 0 Å². The van der Waals surface area contributed by atoms with E-state index in [1.54, 1.807) is 13.8 Å². The third kappa shape index (κ3) is 9.30. The average Bonchev–Trinajstić information content (AvgIpc) is 2.56. The van der Waals surface area contributed by atoms with Gasteiger partial charge in [0.25, 0.3) is 0 Å². The SMILES string of the molecule is CCOC(=O)[C@H](C)NCCC[C@@H](N)COOCc1ccccc1. The van der Waals surface area contributed by atoms with Crippen LogP contribution in [0.1, 0.15) is 32.3 Å². The molecule has 1 aromatic carbocycles. The fourth-order valence-corrected chi connectivity index (χ4v) is 1.94. The zero-order valence-corrected chi connectivity index (χ0v) is 14.0. The number of rotatable bonds is 12. The minimum atomic E-state index is -0.295. The van der Waals surface area contributed by atoms with E-state index in [1.807, 2.05) is 30.3 Å².